The van der Waals surface area contributed by atoms with E-state index < -0.39 is 0 Å². The molecule has 0 aliphatic heterocycles. The van der Waals surface area contributed by atoms with E-state index in [1.165, 1.54) is 5.56 Å². The molecule has 1 aromatic carbocycles. The van der Waals surface area contributed by atoms with Crippen LogP contribution in [-0.4, -0.2) is 5.11 Å². The van der Waals surface area contributed by atoms with Crippen molar-refractivity contribution in [2.24, 2.45) is 11.8 Å². The number of rotatable bonds is 5. The number of aliphatic hydroxyl groups is 1. The van der Waals surface area contributed by atoms with Gasteiger partial charge in [-0.15, -0.1) is 0 Å². The molecule has 16 heavy (non-hydrogen) atoms. The van der Waals surface area contributed by atoms with Gasteiger partial charge in [0, 0.05) is 0 Å². The molecule has 0 fully saturated rings. The first-order chi connectivity index (χ1) is 7.49. The summed E-state index contributed by atoms with van der Waals surface area (Å²) >= 11 is 0. The summed E-state index contributed by atoms with van der Waals surface area (Å²) in [6.45, 7) is 8.72. The molecule has 1 atom stereocenters. The number of hydrogen-bond donors (Lipinski definition) is 1. The van der Waals surface area contributed by atoms with Gasteiger partial charge in [0.1, 0.15) is 0 Å². The van der Waals surface area contributed by atoms with E-state index in [0.29, 0.717) is 11.8 Å². The zero-order valence-corrected chi connectivity index (χ0v) is 10.9. The van der Waals surface area contributed by atoms with Gasteiger partial charge in [-0.3, -0.25) is 0 Å². The van der Waals surface area contributed by atoms with Crippen molar-refractivity contribution in [3.8, 4) is 0 Å². The Balaban J connectivity index is 2.63. The fourth-order valence-corrected chi connectivity index (χ4v) is 1.93. The average Bonchev–Trinajstić information content (AvgIpc) is 2.16. The normalized spacial score (nSPS) is 13.4. The highest BCUT2D eigenvalue weighted by molar-refractivity contribution is 5.24. The van der Waals surface area contributed by atoms with E-state index in [1.54, 1.807) is 0 Å². The van der Waals surface area contributed by atoms with Crippen molar-refractivity contribution in [3.05, 3.63) is 35.4 Å². The lowest BCUT2D eigenvalue weighted by molar-refractivity contribution is 0.151. The second-order valence-electron chi connectivity index (χ2n) is 5.48. The van der Waals surface area contributed by atoms with Crippen LogP contribution < -0.4 is 0 Å². The molecule has 90 valence electrons. The lowest BCUT2D eigenvalue weighted by Crippen LogP contribution is -2.02. The van der Waals surface area contributed by atoms with Crippen molar-refractivity contribution in [2.75, 3.05) is 0 Å². The summed E-state index contributed by atoms with van der Waals surface area (Å²) < 4.78 is 0. The van der Waals surface area contributed by atoms with Crippen LogP contribution in [0.5, 0.6) is 0 Å². The summed E-state index contributed by atoms with van der Waals surface area (Å²) in [5.41, 5.74) is 2.40. The fraction of sp³-hybridized carbons (Fsp3) is 0.600. The quantitative estimate of drug-likeness (QED) is 0.796. The Morgan fingerprint density at radius 2 is 1.50 bits per heavy atom. The Morgan fingerprint density at radius 3 is 1.94 bits per heavy atom. The van der Waals surface area contributed by atoms with E-state index in [0.717, 1.165) is 18.4 Å². The minimum Gasteiger partial charge on any atom is -0.388 e. The predicted molar refractivity (Wildman–Crippen MR) is 69.4 cm³/mol. The average molecular weight is 220 g/mol. The molecule has 0 spiro atoms. The molecule has 0 bridgehead atoms. The minimum absolute atomic E-state index is 0.312. The molecule has 1 unspecified atom stereocenters. The molecule has 0 radical (unpaired) electrons. The number of hydrogen-bond acceptors (Lipinski definition) is 1. The third kappa shape index (κ3) is 4.36. The van der Waals surface area contributed by atoms with Crippen LogP contribution in [0.4, 0.5) is 0 Å². The van der Waals surface area contributed by atoms with Gasteiger partial charge in [0.2, 0.25) is 0 Å². The van der Waals surface area contributed by atoms with E-state index in [2.05, 4.69) is 52.0 Å². The van der Waals surface area contributed by atoms with Crippen molar-refractivity contribution in [3.63, 3.8) is 0 Å². The molecule has 1 nitrogen and oxygen atoms in total. The summed E-state index contributed by atoms with van der Waals surface area (Å²) in [4.78, 5) is 0. The molecule has 0 saturated carbocycles. The molecular weight excluding hydrogens is 196 g/mol. The number of benzene rings is 1. The molecule has 1 heteroatoms. The second-order valence-corrected chi connectivity index (χ2v) is 5.48. The summed E-state index contributed by atoms with van der Waals surface area (Å²) in [6.07, 6.45) is 1.64. The largest absolute Gasteiger partial charge is 0.388 e. The maximum Gasteiger partial charge on any atom is 0.0792 e. The molecular formula is C15H24O. The van der Waals surface area contributed by atoms with Crippen LogP contribution in [-0.2, 0) is 6.42 Å². The van der Waals surface area contributed by atoms with Crippen LogP contribution in [0.1, 0.15) is 51.3 Å². The van der Waals surface area contributed by atoms with Gasteiger partial charge in [0.05, 0.1) is 6.10 Å². The van der Waals surface area contributed by atoms with E-state index in [1.807, 2.05) is 0 Å². The lowest BCUT2D eigenvalue weighted by Gasteiger charge is -2.14. The summed E-state index contributed by atoms with van der Waals surface area (Å²) in [6, 6.07) is 8.40. The zero-order valence-electron chi connectivity index (χ0n) is 10.9. The van der Waals surface area contributed by atoms with E-state index >= 15 is 0 Å². The maximum absolute atomic E-state index is 9.96. The molecule has 1 aromatic rings. The van der Waals surface area contributed by atoms with Crippen LogP contribution in [0.2, 0.25) is 0 Å². The smallest absolute Gasteiger partial charge is 0.0792 e. The zero-order chi connectivity index (χ0) is 12.1. The summed E-state index contributed by atoms with van der Waals surface area (Å²) in [5, 5.41) is 9.96. The Bertz CT molecular complexity index is 298. The highest BCUT2D eigenvalue weighted by Gasteiger charge is 2.09. The Morgan fingerprint density at radius 1 is 0.938 bits per heavy atom. The predicted octanol–water partition coefficient (Wildman–Crippen LogP) is 3.96. The third-order valence-electron chi connectivity index (χ3n) is 2.70. The van der Waals surface area contributed by atoms with E-state index in [9.17, 15) is 5.11 Å². The minimum atomic E-state index is -0.312. The summed E-state index contributed by atoms with van der Waals surface area (Å²) in [5.74, 6) is 1.22. The van der Waals surface area contributed by atoms with Gasteiger partial charge in [0.25, 0.3) is 0 Å². The molecule has 0 heterocycles. The Labute approximate surface area is 99.5 Å². The fourth-order valence-electron chi connectivity index (χ4n) is 1.93. The highest BCUT2D eigenvalue weighted by Crippen LogP contribution is 2.21. The van der Waals surface area contributed by atoms with Gasteiger partial charge in [-0.1, -0.05) is 52.0 Å². The summed E-state index contributed by atoms with van der Waals surface area (Å²) in [7, 11) is 0. The van der Waals surface area contributed by atoms with E-state index in [-0.39, 0.29) is 6.10 Å². The van der Waals surface area contributed by atoms with Crippen LogP contribution in [0.15, 0.2) is 24.3 Å². The van der Waals surface area contributed by atoms with Crippen LogP contribution >= 0.6 is 0 Å². The van der Waals surface area contributed by atoms with E-state index in [4.69, 9.17) is 0 Å². The molecule has 0 saturated heterocycles. The third-order valence-corrected chi connectivity index (χ3v) is 2.70. The number of aliphatic hydroxyl groups excluding tert-OH is 1. The monoisotopic (exact) mass is 220 g/mol. The van der Waals surface area contributed by atoms with Gasteiger partial charge in [-0.05, 0) is 35.8 Å². The first-order valence-electron chi connectivity index (χ1n) is 6.26. The van der Waals surface area contributed by atoms with Gasteiger partial charge in [0.15, 0.2) is 0 Å². The molecule has 0 amide bonds. The van der Waals surface area contributed by atoms with Crippen molar-refractivity contribution in [1.82, 2.24) is 0 Å². The van der Waals surface area contributed by atoms with Crippen molar-refractivity contribution >= 4 is 0 Å². The first-order valence-corrected chi connectivity index (χ1v) is 6.26. The molecule has 0 aliphatic carbocycles. The highest BCUT2D eigenvalue weighted by atomic mass is 16.3. The topological polar surface area (TPSA) is 20.2 Å². The van der Waals surface area contributed by atoms with Gasteiger partial charge in [-0.2, -0.15) is 0 Å². The van der Waals surface area contributed by atoms with Crippen LogP contribution in [0, 0.1) is 11.8 Å². The SMILES string of the molecule is CC(C)Cc1ccc(C(O)CC(C)C)cc1. The van der Waals surface area contributed by atoms with Crippen molar-refractivity contribution < 1.29 is 5.11 Å². The van der Waals surface area contributed by atoms with Crippen molar-refractivity contribution in [2.45, 2.75) is 46.6 Å². The Kier molecular flexibility index (Phi) is 5.01. The molecule has 1 N–H and O–H groups in total. The lowest BCUT2D eigenvalue weighted by atomic mass is 9.97. The molecule has 0 aromatic heterocycles. The maximum atomic E-state index is 9.96. The standard InChI is InChI=1S/C15H24O/c1-11(2)9-13-5-7-14(8-6-13)15(16)10-12(3)4/h5-8,11-12,15-16H,9-10H2,1-4H3. The van der Waals surface area contributed by atoms with Gasteiger partial charge >= 0.3 is 0 Å². The van der Waals surface area contributed by atoms with Crippen LogP contribution in [0.25, 0.3) is 0 Å². The first kappa shape index (κ1) is 13.2. The van der Waals surface area contributed by atoms with Crippen LogP contribution in [0.3, 0.4) is 0 Å². The molecule has 1 rings (SSSR count). The Hall–Kier alpha value is -0.820. The van der Waals surface area contributed by atoms with Crippen molar-refractivity contribution in [1.29, 1.82) is 0 Å². The second kappa shape index (κ2) is 6.05. The molecule has 0 aliphatic rings. The van der Waals surface area contributed by atoms with Gasteiger partial charge < -0.3 is 5.11 Å². The van der Waals surface area contributed by atoms with Gasteiger partial charge in [-0.25, -0.2) is 0 Å².